The van der Waals surface area contributed by atoms with E-state index in [1.807, 2.05) is 30.3 Å². The van der Waals surface area contributed by atoms with Gasteiger partial charge in [-0.05, 0) is 55.2 Å². The van der Waals surface area contributed by atoms with Crippen molar-refractivity contribution in [3.05, 3.63) is 78.6 Å². The lowest BCUT2D eigenvalue weighted by molar-refractivity contribution is 0.257. The van der Waals surface area contributed by atoms with E-state index in [1.54, 1.807) is 30.3 Å². The predicted molar refractivity (Wildman–Crippen MR) is 124 cm³/mol. The third-order valence-electron chi connectivity index (χ3n) is 4.63. The fourth-order valence-corrected chi connectivity index (χ4v) is 3.17. The van der Waals surface area contributed by atoms with Crippen LogP contribution < -0.4 is 19.5 Å². The van der Waals surface area contributed by atoms with Gasteiger partial charge in [0, 0.05) is 11.6 Å². The summed E-state index contributed by atoms with van der Waals surface area (Å²) in [5.41, 5.74) is 7.64. The minimum absolute atomic E-state index is 0.257. The molecule has 0 spiro atoms. The van der Waals surface area contributed by atoms with Gasteiger partial charge >= 0.3 is 6.03 Å². The summed E-state index contributed by atoms with van der Waals surface area (Å²) < 4.78 is 25.9. The number of halogens is 1. The summed E-state index contributed by atoms with van der Waals surface area (Å²) in [6.45, 7) is 1.14. The van der Waals surface area contributed by atoms with Gasteiger partial charge in [-0.15, -0.1) is 0 Å². The van der Waals surface area contributed by atoms with E-state index in [1.165, 1.54) is 12.1 Å². The van der Waals surface area contributed by atoms with Gasteiger partial charge in [-0.3, -0.25) is 0 Å². The van der Waals surface area contributed by atoms with E-state index in [4.69, 9.17) is 15.2 Å². The molecule has 5 nitrogen and oxygen atoms in total. The highest BCUT2D eigenvalue weighted by molar-refractivity contribution is 7.82. The van der Waals surface area contributed by atoms with Gasteiger partial charge in [-0.25, -0.2) is 13.5 Å². The Morgan fingerprint density at radius 2 is 1.61 bits per heavy atom. The Morgan fingerprint density at radius 1 is 0.903 bits per heavy atom. The van der Waals surface area contributed by atoms with Crippen LogP contribution in [0.4, 0.5) is 14.9 Å². The van der Waals surface area contributed by atoms with Gasteiger partial charge in [0.15, 0.2) is 0 Å². The zero-order chi connectivity index (χ0) is 22.1. The number of carbonyl (C=O) groups excluding carboxylic acids is 1. The molecular formula is C24H25FN2O3S. The molecule has 0 aliphatic rings. The van der Waals surface area contributed by atoms with Crippen molar-refractivity contribution in [2.75, 3.05) is 17.5 Å². The van der Waals surface area contributed by atoms with Crippen molar-refractivity contribution >= 4 is 24.5 Å². The third kappa shape index (κ3) is 6.65. The topological polar surface area (TPSA) is 64.8 Å². The minimum atomic E-state index is -0.651. The van der Waals surface area contributed by atoms with Crippen molar-refractivity contribution in [2.24, 2.45) is 5.73 Å². The number of ether oxygens (including phenoxy) is 2. The predicted octanol–water partition coefficient (Wildman–Crippen LogP) is 5.85. The summed E-state index contributed by atoms with van der Waals surface area (Å²) in [4.78, 5) is 11.2. The van der Waals surface area contributed by atoms with Crippen LogP contribution in [0.2, 0.25) is 0 Å². The summed E-state index contributed by atoms with van der Waals surface area (Å²) >= 11 is 4.05. The molecule has 0 atom stereocenters. The highest BCUT2D eigenvalue weighted by Crippen LogP contribution is 2.30. The number of thiol groups is 1. The monoisotopic (exact) mass is 440 g/mol. The van der Waals surface area contributed by atoms with E-state index in [9.17, 15) is 9.18 Å². The molecule has 0 bridgehead atoms. The fraction of sp³-hybridized carbons (Fsp3) is 0.208. The quantitative estimate of drug-likeness (QED) is 0.307. The number of amides is 2. The zero-order valence-corrected chi connectivity index (χ0v) is 17.9. The molecule has 0 aliphatic carbocycles. The second kappa shape index (κ2) is 11.3. The summed E-state index contributed by atoms with van der Waals surface area (Å²) in [5.74, 6) is 1.18. The molecule has 0 radical (unpaired) electrons. The Bertz CT molecular complexity index is 998. The zero-order valence-electron chi connectivity index (χ0n) is 17.0. The maximum Gasteiger partial charge on any atom is 0.329 e. The van der Waals surface area contributed by atoms with Crippen molar-refractivity contribution in [1.82, 2.24) is 0 Å². The normalized spacial score (nSPS) is 10.5. The number of para-hydroxylation sites is 1. The van der Waals surface area contributed by atoms with Gasteiger partial charge in [-0.1, -0.05) is 49.2 Å². The van der Waals surface area contributed by atoms with Gasteiger partial charge in [-0.2, -0.15) is 0 Å². The Kier molecular flexibility index (Phi) is 8.18. The number of anilines is 1. The Hall–Kier alpha value is -3.19. The number of rotatable bonds is 10. The standard InChI is InChI=1S/C24H25FN2O3S/c25-19-13-11-18(12-14-19)22-9-2-3-10-23(22)30-16-5-1-4-15-29-21-8-6-7-20(17-21)27(31)24(26)28/h2-3,6-14,17,31H,1,4-5,15-16H2,(H2,26,28). The molecule has 0 aromatic heterocycles. The molecule has 2 amide bonds. The first-order valence-electron chi connectivity index (χ1n) is 10.0. The van der Waals surface area contributed by atoms with Crippen LogP contribution in [-0.4, -0.2) is 19.2 Å². The molecular weight excluding hydrogens is 415 g/mol. The number of urea groups is 1. The van der Waals surface area contributed by atoms with E-state index in [0.717, 1.165) is 40.4 Å². The summed E-state index contributed by atoms with van der Waals surface area (Å²) in [6.07, 6.45) is 2.69. The third-order valence-corrected chi connectivity index (χ3v) is 5.06. The van der Waals surface area contributed by atoms with Crippen LogP contribution in [0.5, 0.6) is 11.5 Å². The molecule has 31 heavy (non-hydrogen) atoms. The van der Waals surface area contributed by atoms with E-state index in [-0.39, 0.29) is 5.82 Å². The highest BCUT2D eigenvalue weighted by atomic mass is 32.1. The number of hydrogen-bond acceptors (Lipinski definition) is 4. The van der Waals surface area contributed by atoms with E-state index in [0.29, 0.717) is 24.7 Å². The van der Waals surface area contributed by atoms with Crippen molar-refractivity contribution in [3.8, 4) is 22.6 Å². The minimum Gasteiger partial charge on any atom is -0.494 e. The molecule has 0 unspecified atom stereocenters. The average Bonchev–Trinajstić information content (AvgIpc) is 2.79. The van der Waals surface area contributed by atoms with Crippen LogP contribution in [0.25, 0.3) is 11.1 Å². The van der Waals surface area contributed by atoms with Crippen molar-refractivity contribution in [3.63, 3.8) is 0 Å². The summed E-state index contributed by atoms with van der Waals surface area (Å²) in [6, 6.07) is 20.5. The molecule has 2 N–H and O–H groups in total. The number of benzene rings is 3. The lowest BCUT2D eigenvalue weighted by Gasteiger charge is -2.14. The van der Waals surface area contributed by atoms with Crippen LogP contribution >= 0.6 is 12.8 Å². The smallest absolute Gasteiger partial charge is 0.329 e. The number of nitrogens with zero attached hydrogens (tertiary/aromatic N) is 1. The maximum absolute atomic E-state index is 13.2. The van der Waals surface area contributed by atoms with E-state index in [2.05, 4.69) is 12.8 Å². The second-order valence-corrected chi connectivity index (χ2v) is 7.31. The second-order valence-electron chi connectivity index (χ2n) is 6.91. The van der Waals surface area contributed by atoms with Gasteiger partial charge in [0.2, 0.25) is 0 Å². The van der Waals surface area contributed by atoms with Gasteiger partial charge < -0.3 is 15.2 Å². The van der Waals surface area contributed by atoms with Crippen molar-refractivity contribution in [1.29, 1.82) is 0 Å². The first-order chi connectivity index (χ1) is 15.0. The molecule has 0 fully saturated rings. The number of carbonyl (C=O) groups is 1. The number of hydrogen-bond donors (Lipinski definition) is 2. The molecule has 3 aromatic carbocycles. The van der Waals surface area contributed by atoms with E-state index < -0.39 is 6.03 Å². The first-order valence-corrected chi connectivity index (χ1v) is 10.4. The van der Waals surface area contributed by atoms with Crippen LogP contribution in [0, 0.1) is 5.82 Å². The number of nitrogens with two attached hydrogens (primary N) is 1. The van der Waals surface area contributed by atoms with Crippen LogP contribution in [0.15, 0.2) is 72.8 Å². The Labute approximate surface area is 187 Å². The average molecular weight is 441 g/mol. The first kappa shape index (κ1) is 22.5. The summed E-state index contributed by atoms with van der Waals surface area (Å²) in [5, 5.41) is 0. The molecule has 0 saturated carbocycles. The lowest BCUT2D eigenvalue weighted by atomic mass is 10.0. The molecule has 0 saturated heterocycles. The van der Waals surface area contributed by atoms with Gasteiger partial charge in [0.05, 0.1) is 18.9 Å². The molecule has 3 rings (SSSR count). The Morgan fingerprint density at radius 3 is 2.35 bits per heavy atom. The van der Waals surface area contributed by atoms with Crippen LogP contribution in [-0.2, 0) is 0 Å². The Balaban J connectivity index is 1.40. The van der Waals surface area contributed by atoms with Gasteiger partial charge in [0.1, 0.15) is 17.3 Å². The van der Waals surface area contributed by atoms with E-state index >= 15 is 0 Å². The van der Waals surface area contributed by atoms with Gasteiger partial charge in [0.25, 0.3) is 0 Å². The van der Waals surface area contributed by atoms with Crippen LogP contribution in [0.3, 0.4) is 0 Å². The molecule has 0 aliphatic heterocycles. The highest BCUT2D eigenvalue weighted by Gasteiger charge is 2.09. The molecule has 162 valence electrons. The number of primary amides is 1. The van der Waals surface area contributed by atoms with Crippen LogP contribution in [0.1, 0.15) is 19.3 Å². The lowest BCUT2D eigenvalue weighted by Crippen LogP contribution is -2.27. The molecule has 0 heterocycles. The summed E-state index contributed by atoms with van der Waals surface area (Å²) in [7, 11) is 0. The molecule has 3 aromatic rings. The SMILES string of the molecule is NC(=O)N(S)c1cccc(OCCCCCOc2ccccc2-c2ccc(F)cc2)c1. The number of unbranched alkanes of at least 4 members (excludes halogenated alkanes) is 2. The van der Waals surface area contributed by atoms with Crippen molar-refractivity contribution < 1.29 is 18.7 Å². The largest absolute Gasteiger partial charge is 0.494 e. The molecule has 7 heteroatoms. The van der Waals surface area contributed by atoms with Crippen molar-refractivity contribution in [2.45, 2.75) is 19.3 Å². The fourth-order valence-electron chi connectivity index (χ4n) is 3.05. The maximum atomic E-state index is 13.2.